The number of hydrogen-bond acceptors (Lipinski definition) is 7. The third-order valence-electron chi connectivity index (χ3n) is 5.36. The van der Waals surface area contributed by atoms with Gasteiger partial charge >= 0.3 is 0 Å². The van der Waals surface area contributed by atoms with Crippen molar-refractivity contribution in [3.8, 4) is 17.1 Å². The number of ether oxygens (including phenoxy) is 1. The molecule has 6 nitrogen and oxygen atoms in total. The molecule has 1 aromatic heterocycles. The zero-order valence-corrected chi connectivity index (χ0v) is 18.4. The molecule has 7 heteroatoms. The predicted octanol–water partition coefficient (Wildman–Crippen LogP) is 3.59. The van der Waals surface area contributed by atoms with Crippen molar-refractivity contribution in [3.05, 3.63) is 30.3 Å². The Kier molecular flexibility index (Phi) is 8.15. The maximum absolute atomic E-state index is 9.87. The quantitative estimate of drug-likeness (QED) is 0.478. The minimum atomic E-state index is -0.546. The van der Waals surface area contributed by atoms with Crippen molar-refractivity contribution in [2.24, 2.45) is 0 Å². The van der Waals surface area contributed by atoms with E-state index in [0.717, 1.165) is 16.4 Å². The van der Waals surface area contributed by atoms with E-state index >= 15 is 0 Å². The monoisotopic (exact) mass is 416 g/mol. The molecule has 1 saturated carbocycles. The predicted molar refractivity (Wildman–Crippen MR) is 120 cm³/mol. The molecule has 3 rings (SSSR count). The van der Waals surface area contributed by atoms with E-state index in [9.17, 15) is 5.11 Å². The molecule has 0 amide bonds. The Morgan fingerprint density at radius 2 is 2.03 bits per heavy atom. The number of likely N-dealkylation sites (N-methyl/N-ethyl adjacent to an activating group) is 1. The van der Waals surface area contributed by atoms with E-state index in [1.807, 2.05) is 37.6 Å². The van der Waals surface area contributed by atoms with Crippen molar-refractivity contribution in [1.82, 2.24) is 15.3 Å². The second-order valence-electron chi connectivity index (χ2n) is 7.55. The molecule has 1 heterocycles. The van der Waals surface area contributed by atoms with E-state index in [2.05, 4.69) is 23.3 Å². The lowest BCUT2D eigenvalue weighted by Crippen LogP contribution is -2.34. The van der Waals surface area contributed by atoms with Gasteiger partial charge in [0.1, 0.15) is 29.3 Å². The van der Waals surface area contributed by atoms with Crippen LogP contribution in [0.25, 0.3) is 11.4 Å². The summed E-state index contributed by atoms with van der Waals surface area (Å²) in [5, 5.41) is 13.8. The lowest BCUT2D eigenvalue weighted by Gasteiger charge is -2.32. The van der Waals surface area contributed by atoms with Crippen LogP contribution in [0.2, 0.25) is 0 Å². The fourth-order valence-corrected chi connectivity index (χ4v) is 4.10. The largest absolute Gasteiger partial charge is 0.491 e. The number of nitrogens with one attached hydrogen (secondary N) is 1. The molecular weight excluding hydrogens is 384 g/mol. The molecular formula is C22H32N4O2S. The van der Waals surface area contributed by atoms with Crippen LogP contribution < -0.4 is 15.0 Å². The number of rotatable bonds is 9. The maximum atomic E-state index is 9.87. The zero-order chi connectivity index (χ0) is 20.6. The molecule has 2 aromatic rings. The molecule has 1 fully saturated rings. The number of hydrogen-bond donors (Lipinski definition) is 2. The van der Waals surface area contributed by atoms with E-state index in [1.165, 1.54) is 32.1 Å². The Morgan fingerprint density at radius 3 is 2.76 bits per heavy atom. The van der Waals surface area contributed by atoms with Gasteiger partial charge in [0.25, 0.3) is 0 Å². The van der Waals surface area contributed by atoms with Crippen molar-refractivity contribution in [3.63, 3.8) is 0 Å². The number of aromatic nitrogens is 2. The summed E-state index contributed by atoms with van der Waals surface area (Å²) < 4.78 is 5.75. The number of benzene rings is 1. The number of nitrogens with zero attached hydrogens (tertiary/aromatic N) is 3. The lowest BCUT2D eigenvalue weighted by atomic mass is 9.94. The van der Waals surface area contributed by atoms with Gasteiger partial charge in [0.15, 0.2) is 5.82 Å². The van der Waals surface area contributed by atoms with Crippen LogP contribution in [0.4, 0.5) is 5.82 Å². The van der Waals surface area contributed by atoms with Gasteiger partial charge in [0, 0.05) is 31.3 Å². The summed E-state index contributed by atoms with van der Waals surface area (Å²) in [5.41, 5.74) is 0.916. The van der Waals surface area contributed by atoms with Crippen LogP contribution in [-0.4, -0.2) is 60.7 Å². The van der Waals surface area contributed by atoms with Gasteiger partial charge in [0.2, 0.25) is 0 Å². The van der Waals surface area contributed by atoms with Gasteiger partial charge in [-0.05, 0) is 38.3 Å². The first-order chi connectivity index (χ1) is 14.1. The molecule has 2 N–H and O–H groups in total. The first-order valence-corrected chi connectivity index (χ1v) is 11.5. The zero-order valence-electron chi connectivity index (χ0n) is 17.6. The minimum absolute atomic E-state index is 0.242. The van der Waals surface area contributed by atoms with Crippen molar-refractivity contribution in [2.75, 3.05) is 38.4 Å². The highest BCUT2D eigenvalue weighted by Crippen LogP contribution is 2.30. The van der Waals surface area contributed by atoms with Crippen LogP contribution in [0.3, 0.4) is 0 Å². The molecule has 1 unspecified atom stereocenters. The first kappa shape index (κ1) is 21.9. The van der Waals surface area contributed by atoms with Crippen molar-refractivity contribution in [2.45, 2.75) is 49.3 Å². The summed E-state index contributed by atoms with van der Waals surface area (Å²) in [5.74, 6) is 2.38. The second kappa shape index (κ2) is 10.8. The average Bonchev–Trinajstić information content (AvgIpc) is 2.78. The number of aliphatic hydroxyl groups is 1. The number of thioether (sulfide) groups is 1. The molecule has 1 atom stereocenters. The Morgan fingerprint density at radius 1 is 1.24 bits per heavy atom. The maximum Gasteiger partial charge on any atom is 0.162 e. The Labute approximate surface area is 178 Å². The normalized spacial score (nSPS) is 15.9. The van der Waals surface area contributed by atoms with Crippen molar-refractivity contribution < 1.29 is 9.84 Å². The Bertz CT molecular complexity index is 783. The fourth-order valence-electron chi connectivity index (χ4n) is 3.69. The van der Waals surface area contributed by atoms with Crippen molar-refractivity contribution >= 4 is 17.6 Å². The molecule has 29 heavy (non-hydrogen) atoms. The van der Waals surface area contributed by atoms with Crippen LogP contribution in [0.5, 0.6) is 5.75 Å². The highest BCUT2D eigenvalue weighted by atomic mass is 32.2. The Hall–Kier alpha value is -1.83. The van der Waals surface area contributed by atoms with E-state index in [4.69, 9.17) is 14.7 Å². The van der Waals surface area contributed by atoms with E-state index in [-0.39, 0.29) is 6.61 Å². The third kappa shape index (κ3) is 6.07. The van der Waals surface area contributed by atoms with Gasteiger partial charge in [-0.1, -0.05) is 31.4 Å². The second-order valence-corrected chi connectivity index (χ2v) is 8.37. The summed E-state index contributed by atoms with van der Waals surface area (Å²) in [7, 11) is 3.96. The van der Waals surface area contributed by atoms with Crippen molar-refractivity contribution in [1.29, 1.82) is 0 Å². The van der Waals surface area contributed by atoms with Crippen LogP contribution in [0, 0.1) is 0 Å². The summed E-state index contributed by atoms with van der Waals surface area (Å²) in [6, 6.07) is 10.4. The lowest BCUT2D eigenvalue weighted by molar-refractivity contribution is 0.108. The highest BCUT2D eigenvalue weighted by Gasteiger charge is 2.20. The van der Waals surface area contributed by atoms with Crippen LogP contribution >= 0.6 is 11.8 Å². The summed E-state index contributed by atoms with van der Waals surface area (Å²) in [6.07, 6.45) is 7.87. The van der Waals surface area contributed by atoms with E-state index in [1.54, 1.807) is 11.8 Å². The summed E-state index contributed by atoms with van der Waals surface area (Å²) in [6.45, 7) is 0.737. The highest BCUT2D eigenvalue weighted by molar-refractivity contribution is 7.98. The molecule has 1 aliphatic rings. The molecule has 1 aliphatic carbocycles. The summed E-state index contributed by atoms with van der Waals surface area (Å²) in [4.78, 5) is 11.9. The SMILES string of the molecule is CNCC(O)COc1cccc(-c2nc(SC)cc(N(C)C3CCCCC3)n2)c1. The fraction of sp³-hybridized carbons (Fsp3) is 0.545. The molecule has 158 valence electrons. The first-order valence-electron chi connectivity index (χ1n) is 10.3. The molecule has 0 spiro atoms. The summed E-state index contributed by atoms with van der Waals surface area (Å²) >= 11 is 1.63. The Balaban J connectivity index is 1.81. The molecule has 0 saturated heterocycles. The third-order valence-corrected chi connectivity index (χ3v) is 5.98. The smallest absolute Gasteiger partial charge is 0.162 e. The van der Waals surface area contributed by atoms with Gasteiger partial charge in [-0.25, -0.2) is 9.97 Å². The van der Waals surface area contributed by atoms with Gasteiger partial charge in [-0.3, -0.25) is 0 Å². The number of anilines is 1. The standard InChI is InChI=1S/C22H32N4O2S/c1-23-14-18(27)15-28-19-11-7-8-16(12-19)22-24-20(13-21(25-22)29-3)26(2)17-9-5-4-6-10-17/h7-8,11-13,17-18,23,27H,4-6,9-10,14-15H2,1-3H3. The minimum Gasteiger partial charge on any atom is -0.491 e. The van der Waals surface area contributed by atoms with Gasteiger partial charge in [-0.15, -0.1) is 11.8 Å². The van der Waals surface area contributed by atoms with Gasteiger partial charge < -0.3 is 20.1 Å². The van der Waals surface area contributed by atoms with E-state index in [0.29, 0.717) is 24.2 Å². The van der Waals surface area contributed by atoms with Gasteiger partial charge in [-0.2, -0.15) is 0 Å². The number of aliphatic hydroxyl groups excluding tert-OH is 1. The molecule has 0 aliphatic heterocycles. The van der Waals surface area contributed by atoms with Crippen LogP contribution in [0.15, 0.2) is 35.4 Å². The van der Waals surface area contributed by atoms with E-state index < -0.39 is 6.10 Å². The topological polar surface area (TPSA) is 70.5 Å². The van der Waals surface area contributed by atoms with Crippen LogP contribution in [-0.2, 0) is 0 Å². The van der Waals surface area contributed by atoms with Gasteiger partial charge in [0.05, 0.1) is 0 Å². The molecule has 0 bridgehead atoms. The average molecular weight is 417 g/mol. The molecule has 1 aromatic carbocycles. The van der Waals surface area contributed by atoms with Crippen LogP contribution in [0.1, 0.15) is 32.1 Å². The molecule has 0 radical (unpaired) electrons.